The smallest absolute Gasteiger partial charge is 0.229 e. The fourth-order valence-electron chi connectivity index (χ4n) is 2.82. The molecule has 0 unspecified atom stereocenters. The largest absolute Gasteiger partial charge is 0.369 e. The Bertz CT molecular complexity index is 661. The lowest BCUT2D eigenvalue weighted by molar-refractivity contribution is -0.115. The molecule has 1 aliphatic rings. The van der Waals surface area contributed by atoms with Gasteiger partial charge in [0.15, 0.2) is 0 Å². The number of piperazine rings is 1. The number of hydrogen-bond donors (Lipinski definition) is 1. The second kappa shape index (κ2) is 7.15. The standard InChI is InChI=1S/C18H23N3OS/c1-14-12-15(21-9-7-20(2)8-10-21)5-6-17(14)19-18(22)13-16-4-3-11-23-16/h3-6,11-12H,7-10,13H2,1-2H3,(H,19,22). The lowest BCUT2D eigenvalue weighted by atomic mass is 10.1. The van der Waals surface area contributed by atoms with Crippen molar-refractivity contribution in [2.24, 2.45) is 0 Å². The van der Waals surface area contributed by atoms with E-state index in [-0.39, 0.29) is 5.91 Å². The van der Waals surface area contributed by atoms with E-state index in [0.29, 0.717) is 6.42 Å². The van der Waals surface area contributed by atoms with Crippen molar-refractivity contribution in [3.05, 3.63) is 46.2 Å². The van der Waals surface area contributed by atoms with Crippen LogP contribution in [0.15, 0.2) is 35.7 Å². The number of hydrogen-bond acceptors (Lipinski definition) is 4. The Kier molecular flexibility index (Phi) is 4.98. The highest BCUT2D eigenvalue weighted by Crippen LogP contribution is 2.24. The quantitative estimate of drug-likeness (QED) is 0.937. The van der Waals surface area contributed by atoms with Crippen molar-refractivity contribution in [2.45, 2.75) is 13.3 Å². The number of aryl methyl sites for hydroxylation is 1. The minimum atomic E-state index is 0.0443. The molecule has 1 saturated heterocycles. The molecule has 1 aromatic heterocycles. The van der Waals surface area contributed by atoms with Gasteiger partial charge in [0.1, 0.15) is 0 Å². The molecule has 2 heterocycles. The molecule has 0 saturated carbocycles. The molecule has 1 aliphatic heterocycles. The van der Waals surface area contributed by atoms with Gasteiger partial charge in [-0.1, -0.05) is 6.07 Å². The van der Waals surface area contributed by atoms with E-state index < -0.39 is 0 Å². The number of rotatable bonds is 4. The summed E-state index contributed by atoms with van der Waals surface area (Å²) >= 11 is 1.62. The second-order valence-corrected chi connectivity index (χ2v) is 7.13. The number of nitrogens with one attached hydrogen (secondary N) is 1. The summed E-state index contributed by atoms with van der Waals surface area (Å²) in [7, 11) is 2.16. The molecule has 5 heteroatoms. The molecule has 0 atom stereocenters. The molecule has 122 valence electrons. The molecule has 3 rings (SSSR count). The van der Waals surface area contributed by atoms with Gasteiger partial charge >= 0.3 is 0 Å². The van der Waals surface area contributed by atoms with Gasteiger partial charge in [-0.15, -0.1) is 11.3 Å². The minimum Gasteiger partial charge on any atom is -0.369 e. The molecule has 1 N–H and O–H groups in total. The molecule has 0 bridgehead atoms. The Morgan fingerprint density at radius 3 is 2.65 bits per heavy atom. The van der Waals surface area contributed by atoms with Crippen LogP contribution in [0.3, 0.4) is 0 Å². The molecule has 0 spiro atoms. The zero-order valence-electron chi connectivity index (χ0n) is 13.7. The molecule has 4 nitrogen and oxygen atoms in total. The Hall–Kier alpha value is -1.85. The zero-order chi connectivity index (χ0) is 16.2. The first kappa shape index (κ1) is 16.0. The summed E-state index contributed by atoms with van der Waals surface area (Å²) < 4.78 is 0. The summed E-state index contributed by atoms with van der Waals surface area (Å²) in [6.45, 7) is 6.36. The molecule has 1 amide bonds. The Labute approximate surface area is 141 Å². The molecular weight excluding hydrogens is 306 g/mol. The third kappa shape index (κ3) is 4.12. The topological polar surface area (TPSA) is 35.6 Å². The highest BCUT2D eigenvalue weighted by molar-refractivity contribution is 7.10. The van der Waals surface area contributed by atoms with E-state index in [9.17, 15) is 4.79 Å². The van der Waals surface area contributed by atoms with Gasteiger partial charge in [0, 0.05) is 42.4 Å². The van der Waals surface area contributed by atoms with E-state index in [0.717, 1.165) is 42.3 Å². The van der Waals surface area contributed by atoms with Gasteiger partial charge in [-0.25, -0.2) is 0 Å². The van der Waals surface area contributed by atoms with Gasteiger partial charge in [-0.3, -0.25) is 4.79 Å². The molecule has 2 aromatic rings. The van der Waals surface area contributed by atoms with Crippen LogP contribution in [0.5, 0.6) is 0 Å². The van der Waals surface area contributed by atoms with Crippen molar-refractivity contribution in [1.29, 1.82) is 0 Å². The number of carbonyl (C=O) groups is 1. The minimum absolute atomic E-state index is 0.0443. The Morgan fingerprint density at radius 1 is 1.22 bits per heavy atom. The van der Waals surface area contributed by atoms with Crippen molar-refractivity contribution in [3.8, 4) is 0 Å². The summed E-state index contributed by atoms with van der Waals surface area (Å²) in [6, 6.07) is 10.3. The fraction of sp³-hybridized carbons (Fsp3) is 0.389. The van der Waals surface area contributed by atoms with E-state index in [1.165, 1.54) is 5.69 Å². The number of thiophene rings is 1. The van der Waals surface area contributed by atoms with Crippen LogP contribution >= 0.6 is 11.3 Å². The summed E-state index contributed by atoms with van der Waals surface area (Å²) in [6.07, 6.45) is 0.442. The number of likely N-dealkylation sites (N-methyl/N-ethyl adjacent to an activating group) is 1. The highest BCUT2D eigenvalue weighted by atomic mass is 32.1. The van der Waals surface area contributed by atoms with Gasteiger partial charge in [0.05, 0.1) is 6.42 Å². The third-order valence-corrected chi connectivity index (χ3v) is 5.14. The summed E-state index contributed by atoms with van der Waals surface area (Å²) in [5.74, 6) is 0.0443. The number of anilines is 2. The summed E-state index contributed by atoms with van der Waals surface area (Å²) in [5.41, 5.74) is 3.26. The van der Waals surface area contributed by atoms with Gasteiger partial charge in [0.25, 0.3) is 0 Å². The highest BCUT2D eigenvalue weighted by Gasteiger charge is 2.15. The van der Waals surface area contributed by atoms with Crippen LogP contribution in [0, 0.1) is 6.92 Å². The molecule has 0 aliphatic carbocycles. The van der Waals surface area contributed by atoms with Crippen LogP contribution in [-0.4, -0.2) is 44.0 Å². The zero-order valence-corrected chi connectivity index (χ0v) is 14.5. The van der Waals surface area contributed by atoms with E-state index >= 15 is 0 Å². The Balaban J connectivity index is 1.63. The maximum atomic E-state index is 12.1. The van der Waals surface area contributed by atoms with E-state index in [1.54, 1.807) is 11.3 Å². The molecule has 1 aromatic carbocycles. The average Bonchev–Trinajstić information content (AvgIpc) is 3.03. The van der Waals surface area contributed by atoms with Crippen molar-refractivity contribution in [2.75, 3.05) is 43.4 Å². The summed E-state index contributed by atoms with van der Waals surface area (Å²) in [4.78, 5) is 18.0. The number of benzene rings is 1. The maximum Gasteiger partial charge on any atom is 0.229 e. The number of nitrogens with zero attached hydrogens (tertiary/aromatic N) is 2. The normalized spacial score (nSPS) is 15.7. The average molecular weight is 329 g/mol. The Morgan fingerprint density at radius 2 is 2.00 bits per heavy atom. The van der Waals surface area contributed by atoms with Crippen LogP contribution in [0.1, 0.15) is 10.4 Å². The molecule has 1 fully saturated rings. The van der Waals surface area contributed by atoms with Gasteiger partial charge in [-0.05, 0) is 49.2 Å². The van der Waals surface area contributed by atoms with Crippen LogP contribution in [0.25, 0.3) is 0 Å². The van der Waals surface area contributed by atoms with Crippen LogP contribution in [-0.2, 0) is 11.2 Å². The second-order valence-electron chi connectivity index (χ2n) is 6.09. The van der Waals surface area contributed by atoms with Crippen LogP contribution < -0.4 is 10.2 Å². The first-order valence-corrected chi connectivity index (χ1v) is 8.86. The number of carbonyl (C=O) groups excluding carboxylic acids is 1. The van der Waals surface area contributed by atoms with E-state index in [4.69, 9.17) is 0 Å². The number of amides is 1. The lowest BCUT2D eigenvalue weighted by Crippen LogP contribution is -2.44. The van der Waals surface area contributed by atoms with Gasteiger partial charge in [0.2, 0.25) is 5.91 Å². The molecule has 23 heavy (non-hydrogen) atoms. The van der Waals surface area contributed by atoms with Crippen molar-refractivity contribution in [1.82, 2.24) is 4.90 Å². The van der Waals surface area contributed by atoms with Gasteiger partial charge in [-0.2, -0.15) is 0 Å². The lowest BCUT2D eigenvalue weighted by Gasteiger charge is -2.34. The predicted octanol–water partition coefficient (Wildman–Crippen LogP) is 2.99. The van der Waals surface area contributed by atoms with Crippen LogP contribution in [0.4, 0.5) is 11.4 Å². The van der Waals surface area contributed by atoms with E-state index in [1.807, 2.05) is 23.6 Å². The van der Waals surface area contributed by atoms with Crippen LogP contribution in [0.2, 0.25) is 0 Å². The SMILES string of the molecule is Cc1cc(N2CCN(C)CC2)ccc1NC(=O)Cc1cccs1. The van der Waals surface area contributed by atoms with E-state index in [2.05, 4.69) is 41.2 Å². The van der Waals surface area contributed by atoms with Crippen molar-refractivity contribution >= 4 is 28.6 Å². The van der Waals surface area contributed by atoms with Crippen molar-refractivity contribution < 1.29 is 4.79 Å². The summed E-state index contributed by atoms with van der Waals surface area (Å²) in [5, 5.41) is 5.03. The van der Waals surface area contributed by atoms with Crippen molar-refractivity contribution in [3.63, 3.8) is 0 Å². The molecule has 0 radical (unpaired) electrons. The fourth-order valence-corrected chi connectivity index (χ4v) is 3.52. The molecular formula is C18H23N3OS. The predicted molar refractivity (Wildman–Crippen MR) is 97.5 cm³/mol. The first-order valence-electron chi connectivity index (χ1n) is 7.98. The third-order valence-electron chi connectivity index (χ3n) is 4.27. The first-order chi connectivity index (χ1) is 11.1. The van der Waals surface area contributed by atoms with Gasteiger partial charge < -0.3 is 15.1 Å². The monoisotopic (exact) mass is 329 g/mol. The maximum absolute atomic E-state index is 12.1.